The molecular formula is C15H24N2O4S. The van der Waals surface area contributed by atoms with E-state index in [2.05, 4.69) is 5.32 Å². The molecule has 1 aromatic carbocycles. The fourth-order valence-corrected chi connectivity index (χ4v) is 3.52. The largest absolute Gasteiger partial charge is 0.497 e. The van der Waals surface area contributed by atoms with E-state index in [-0.39, 0.29) is 18.9 Å². The van der Waals surface area contributed by atoms with Crippen LogP contribution in [0, 0.1) is 0 Å². The molecule has 0 atom stereocenters. The second-order valence-corrected chi connectivity index (χ2v) is 7.94. The van der Waals surface area contributed by atoms with Crippen molar-refractivity contribution in [3.05, 3.63) is 24.3 Å². The molecule has 0 aliphatic rings. The van der Waals surface area contributed by atoms with E-state index in [0.717, 1.165) is 6.26 Å². The third-order valence-electron chi connectivity index (χ3n) is 3.06. The van der Waals surface area contributed by atoms with Gasteiger partial charge in [-0.05, 0) is 45.0 Å². The molecule has 0 heterocycles. The SMILES string of the molecule is COc1ccc(NC(=O)CCN(C(C)(C)C)S(C)(=O)=O)cc1. The smallest absolute Gasteiger partial charge is 0.225 e. The summed E-state index contributed by atoms with van der Waals surface area (Å²) < 4.78 is 30.0. The Kier molecular flexibility index (Phi) is 5.96. The number of sulfonamides is 1. The Labute approximate surface area is 132 Å². The number of benzene rings is 1. The van der Waals surface area contributed by atoms with E-state index < -0.39 is 15.6 Å². The molecule has 1 N–H and O–H groups in total. The van der Waals surface area contributed by atoms with Gasteiger partial charge in [0.15, 0.2) is 0 Å². The summed E-state index contributed by atoms with van der Waals surface area (Å²) in [7, 11) is -1.79. The molecule has 0 spiro atoms. The van der Waals surface area contributed by atoms with Gasteiger partial charge in [0.05, 0.1) is 13.4 Å². The minimum Gasteiger partial charge on any atom is -0.497 e. The molecular weight excluding hydrogens is 304 g/mol. The molecule has 124 valence electrons. The summed E-state index contributed by atoms with van der Waals surface area (Å²) in [5.41, 5.74) is 0.0843. The van der Waals surface area contributed by atoms with Gasteiger partial charge in [0, 0.05) is 24.2 Å². The standard InChI is InChI=1S/C15H24N2O4S/c1-15(2,3)17(22(5,19)20)11-10-14(18)16-12-6-8-13(21-4)9-7-12/h6-9H,10-11H2,1-5H3,(H,16,18). The van der Waals surface area contributed by atoms with E-state index in [1.165, 1.54) is 4.31 Å². The van der Waals surface area contributed by atoms with Crippen molar-refractivity contribution in [3.8, 4) is 5.75 Å². The van der Waals surface area contributed by atoms with Crippen LogP contribution in [-0.4, -0.2) is 44.1 Å². The number of nitrogens with one attached hydrogen (secondary N) is 1. The maximum Gasteiger partial charge on any atom is 0.225 e. The highest BCUT2D eigenvalue weighted by atomic mass is 32.2. The maximum atomic E-state index is 12.0. The minimum atomic E-state index is -3.36. The lowest BCUT2D eigenvalue weighted by Gasteiger charge is -2.33. The van der Waals surface area contributed by atoms with Gasteiger partial charge < -0.3 is 10.1 Å². The zero-order valence-corrected chi connectivity index (χ0v) is 14.5. The molecule has 0 radical (unpaired) electrons. The van der Waals surface area contributed by atoms with Crippen LogP contribution in [0.15, 0.2) is 24.3 Å². The van der Waals surface area contributed by atoms with Crippen molar-refractivity contribution in [3.63, 3.8) is 0 Å². The Morgan fingerprint density at radius 3 is 2.18 bits per heavy atom. The molecule has 1 rings (SSSR count). The van der Waals surface area contributed by atoms with Gasteiger partial charge in [-0.2, -0.15) is 4.31 Å². The Morgan fingerprint density at radius 1 is 1.23 bits per heavy atom. The molecule has 0 fully saturated rings. The summed E-state index contributed by atoms with van der Waals surface area (Å²) in [6.45, 7) is 5.55. The molecule has 0 bridgehead atoms. The first-order chi connectivity index (χ1) is 10.0. The third-order valence-corrected chi connectivity index (χ3v) is 4.60. The van der Waals surface area contributed by atoms with Crippen LogP contribution in [0.1, 0.15) is 27.2 Å². The van der Waals surface area contributed by atoms with Crippen LogP contribution in [0.25, 0.3) is 0 Å². The molecule has 0 saturated carbocycles. The van der Waals surface area contributed by atoms with Gasteiger partial charge in [0.25, 0.3) is 0 Å². The predicted octanol–water partition coefficient (Wildman–Crippen LogP) is 2.08. The lowest BCUT2D eigenvalue weighted by atomic mass is 10.1. The van der Waals surface area contributed by atoms with Crippen molar-refractivity contribution in [1.82, 2.24) is 4.31 Å². The van der Waals surface area contributed by atoms with Crippen LogP contribution in [0.4, 0.5) is 5.69 Å². The zero-order chi connectivity index (χ0) is 17.0. The second kappa shape index (κ2) is 7.11. The molecule has 0 aliphatic heterocycles. The Bertz CT molecular complexity index is 603. The summed E-state index contributed by atoms with van der Waals surface area (Å²) in [5.74, 6) is 0.469. The van der Waals surface area contributed by atoms with E-state index in [0.29, 0.717) is 11.4 Å². The highest BCUT2D eigenvalue weighted by Crippen LogP contribution is 2.18. The Hall–Kier alpha value is -1.60. The van der Waals surface area contributed by atoms with Gasteiger partial charge in [0.2, 0.25) is 15.9 Å². The van der Waals surface area contributed by atoms with Crippen molar-refractivity contribution in [2.75, 3.05) is 25.2 Å². The van der Waals surface area contributed by atoms with Crippen LogP contribution in [-0.2, 0) is 14.8 Å². The summed E-state index contributed by atoms with van der Waals surface area (Å²) in [6.07, 6.45) is 1.25. The average Bonchev–Trinajstić information content (AvgIpc) is 2.36. The van der Waals surface area contributed by atoms with E-state index in [9.17, 15) is 13.2 Å². The molecule has 1 amide bonds. The third kappa shape index (κ3) is 5.65. The normalized spacial score (nSPS) is 12.3. The van der Waals surface area contributed by atoms with Crippen LogP contribution in [0.2, 0.25) is 0 Å². The van der Waals surface area contributed by atoms with Crippen LogP contribution >= 0.6 is 0 Å². The first-order valence-electron chi connectivity index (χ1n) is 6.96. The molecule has 0 saturated heterocycles. The van der Waals surface area contributed by atoms with Gasteiger partial charge in [-0.3, -0.25) is 4.79 Å². The molecule has 0 aliphatic carbocycles. The summed E-state index contributed by atoms with van der Waals surface area (Å²) in [5, 5.41) is 2.74. The number of nitrogens with zero attached hydrogens (tertiary/aromatic N) is 1. The average molecular weight is 328 g/mol. The zero-order valence-electron chi connectivity index (χ0n) is 13.7. The Balaban J connectivity index is 2.64. The fraction of sp³-hybridized carbons (Fsp3) is 0.533. The van der Waals surface area contributed by atoms with Crippen molar-refractivity contribution in [1.29, 1.82) is 0 Å². The molecule has 1 aromatic rings. The molecule has 0 aromatic heterocycles. The Morgan fingerprint density at radius 2 is 1.77 bits per heavy atom. The van der Waals surface area contributed by atoms with Crippen molar-refractivity contribution in [2.24, 2.45) is 0 Å². The predicted molar refractivity (Wildman–Crippen MR) is 87.5 cm³/mol. The minimum absolute atomic E-state index is 0.0936. The van der Waals surface area contributed by atoms with E-state index >= 15 is 0 Å². The van der Waals surface area contributed by atoms with Crippen LogP contribution in [0.5, 0.6) is 5.75 Å². The molecule has 22 heavy (non-hydrogen) atoms. The van der Waals surface area contributed by atoms with Gasteiger partial charge in [0.1, 0.15) is 5.75 Å². The quantitative estimate of drug-likeness (QED) is 0.867. The van der Waals surface area contributed by atoms with Gasteiger partial charge >= 0.3 is 0 Å². The maximum absolute atomic E-state index is 12.0. The van der Waals surface area contributed by atoms with Crippen molar-refractivity contribution < 1.29 is 17.9 Å². The molecule has 6 nitrogen and oxygen atoms in total. The number of hydrogen-bond acceptors (Lipinski definition) is 4. The van der Waals surface area contributed by atoms with Crippen LogP contribution in [0.3, 0.4) is 0 Å². The number of anilines is 1. The number of ether oxygens (including phenoxy) is 1. The van der Waals surface area contributed by atoms with Crippen molar-refractivity contribution in [2.45, 2.75) is 32.7 Å². The highest BCUT2D eigenvalue weighted by molar-refractivity contribution is 7.88. The topological polar surface area (TPSA) is 75.7 Å². The fourth-order valence-electron chi connectivity index (χ4n) is 2.10. The monoisotopic (exact) mass is 328 g/mol. The number of hydrogen-bond donors (Lipinski definition) is 1. The number of amides is 1. The number of carbonyl (C=O) groups is 1. The lowest BCUT2D eigenvalue weighted by molar-refractivity contribution is -0.116. The number of methoxy groups -OCH3 is 1. The summed E-state index contributed by atoms with van der Waals surface area (Å²) in [6, 6.07) is 6.95. The van der Waals surface area contributed by atoms with Gasteiger partial charge in [-0.25, -0.2) is 8.42 Å². The lowest BCUT2D eigenvalue weighted by Crippen LogP contribution is -2.46. The van der Waals surface area contributed by atoms with Crippen LogP contribution < -0.4 is 10.1 Å². The van der Waals surface area contributed by atoms with Gasteiger partial charge in [-0.1, -0.05) is 0 Å². The van der Waals surface area contributed by atoms with E-state index in [1.54, 1.807) is 52.1 Å². The summed E-state index contributed by atoms with van der Waals surface area (Å²) in [4.78, 5) is 12.0. The van der Waals surface area contributed by atoms with E-state index in [1.807, 2.05) is 0 Å². The first-order valence-corrected chi connectivity index (χ1v) is 8.80. The van der Waals surface area contributed by atoms with Crippen molar-refractivity contribution >= 4 is 21.6 Å². The number of rotatable bonds is 6. The van der Waals surface area contributed by atoms with Gasteiger partial charge in [-0.15, -0.1) is 0 Å². The molecule has 7 heteroatoms. The highest BCUT2D eigenvalue weighted by Gasteiger charge is 2.29. The summed E-state index contributed by atoms with van der Waals surface area (Å²) >= 11 is 0. The second-order valence-electron chi connectivity index (χ2n) is 6.03. The number of carbonyl (C=O) groups excluding carboxylic acids is 1. The first kappa shape index (κ1) is 18.4. The molecule has 0 unspecified atom stereocenters. The van der Waals surface area contributed by atoms with E-state index in [4.69, 9.17) is 4.74 Å².